The standard InChI is InChI=1S/C8H10N4S2/c1-6-4-13-7(12-6)2-3-9-8-10-5-11-14-8/h4-5H,2-3H2,1H3,(H,9,10,11). The third kappa shape index (κ3) is 2.49. The van der Waals surface area contributed by atoms with Crippen LogP contribution < -0.4 is 5.32 Å². The number of nitrogens with one attached hydrogen (secondary N) is 1. The minimum Gasteiger partial charge on any atom is -0.360 e. The van der Waals surface area contributed by atoms with Crippen molar-refractivity contribution in [2.75, 3.05) is 11.9 Å². The van der Waals surface area contributed by atoms with E-state index in [-0.39, 0.29) is 0 Å². The number of aryl methyl sites for hydroxylation is 1. The largest absolute Gasteiger partial charge is 0.360 e. The molecule has 4 nitrogen and oxygen atoms in total. The van der Waals surface area contributed by atoms with E-state index in [0.29, 0.717) is 0 Å². The average molecular weight is 226 g/mol. The van der Waals surface area contributed by atoms with Crippen molar-refractivity contribution in [1.82, 2.24) is 14.3 Å². The zero-order valence-corrected chi connectivity index (χ0v) is 9.36. The summed E-state index contributed by atoms with van der Waals surface area (Å²) in [7, 11) is 0. The van der Waals surface area contributed by atoms with Crippen LogP contribution in [0.2, 0.25) is 0 Å². The Morgan fingerprint density at radius 3 is 3.07 bits per heavy atom. The molecule has 0 aromatic carbocycles. The van der Waals surface area contributed by atoms with Crippen molar-refractivity contribution in [2.45, 2.75) is 13.3 Å². The number of nitrogens with zero attached hydrogens (tertiary/aromatic N) is 3. The molecule has 0 saturated heterocycles. The van der Waals surface area contributed by atoms with Gasteiger partial charge in [0, 0.05) is 35.6 Å². The van der Waals surface area contributed by atoms with E-state index >= 15 is 0 Å². The zero-order valence-electron chi connectivity index (χ0n) is 7.73. The highest BCUT2D eigenvalue weighted by Crippen LogP contribution is 2.10. The minimum absolute atomic E-state index is 0.863. The van der Waals surface area contributed by atoms with Gasteiger partial charge in [0.2, 0.25) is 5.13 Å². The molecule has 0 saturated carbocycles. The number of hydrogen-bond donors (Lipinski definition) is 1. The van der Waals surface area contributed by atoms with Gasteiger partial charge in [-0.05, 0) is 6.92 Å². The lowest BCUT2D eigenvalue weighted by Gasteiger charge is -1.98. The van der Waals surface area contributed by atoms with Crippen molar-refractivity contribution in [2.24, 2.45) is 0 Å². The van der Waals surface area contributed by atoms with Gasteiger partial charge in [-0.25, -0.2) is 9.97 Å². The topological polar surface area (TPSA) is 50.7 Å². The highest BCUT2D eigenvalue weighted by atomic mass is 32.1. The minimum atomic E-state index is 0.863. The molecule has 0 unspecified atom stereocenters. The normalized spacial score (nSPS) is 10.4. The molecule has 2 heterocycles. The summed E-state index contributed by atoms with van der Waals surface area (Å²) in [6, 6.07) is 0. The molecule has 0 aliphatic heterocycles. The van der Waals surface area contributed by atoms with E-state index in [1.54, 1.807) is 17.7 Å². The monoisotopic (exact) mass is 226 g/mol. The molecule has 2 rings (SSSR count). The van der Waals surface area contributed by atoms with Gasteiger partial charge in [0.25, 0.3) is 0 Å². The lowest BCUT2D eigenvalue weighted by Crippen LogP contribution is -2.04. The molecule has 2 aromatic heterocycles. The van der Waals surface area contributed by atoms with Crippen LogP contribution in [-0.4, -0.2) is 20.9 Å². The number of hydrogen-bond acceptors (Lipinski definition) is 6. The second kappa shape index (κ2) is 4.47. The highest BCUT2D eigenvalue weighted by Gasteiger charge is 1.99. The highest BCUT2D eigenvalue weighted by molar-refractivity contribution is 7.10. The van der Waals surface area contributed by atoms with Crippen LogP contribution in [0, 0.1) is 6.92 Å². The quantitative estimate of drug-likeness (QED) is 0.866. The van der Waals surface area contributed by atoms with Crippen molar-refractivity contribution in [1.29, 1.82) is 0 Å². The lowest BCUT2D eigenvalue weighted by molar-refractivity contribution is 0.984. The van der Waals surface area contributed by atoms with Gasteiger partial charge in [0.15, 0.2) is 0 Å². The van der Waals surface area contributed by atoms with Crippen molar-refractivity contribution in [3.63, 3.8) is 0 Å². The van der Waals surface area contributed by atoms with Gasteiger partial charge >= 0.3 is 0 Å². The number of anilines is 1. The SMILES string of the molecule is Cc1csc(CCNc2ncns2)n1. The van der Waals surface area contributed by atoms with Crippen LogP contribution in [0.3, 0.4) is 0 Å². The molecule has 1 N–H and O–H groups in total. The van der Waals surface area contributed by atoms with Crippen LogP contribution in [0.1, 0.15) is 10.7 Å². The maximum atomic E-state index is 4.38. The van der Waals surface area contributed by atoms with Crippen LogP contribution >= 0.6 is 22.9 Å². The third-order valence-electron chi connectivity index (χ3n) is 1.64. The van der Waals surface area contributed by atoms with E-state index < -0.39 is 0 Å². The summed E-state index contributed by atoms with van der Waals surface area (Å²) in [5, 5.41) is 7.30. The fourth-order valence-electron chi connectivity index (χ4n) is 1.04. The Labute approximate surface area is 90.2 Å². The number of rotatable bonds is 4. The Hall–Kier alpha value is -1.01. The first-order chi connectivity index (χ1) is 6.84. The molecule has 0 bridgehead atoms. The van der Waals surface area contributed by atoms with Gasteiger partial charge in [-0.1, -0.05) is 0 Å². The Kier molecular flexibility index (Phi) is 3.05. The summed E-state index contributed by atoms with van der Waals surface area (Å²) < 4.78 is 3.91. The zero-order chi connectivity index (χ0) is 9.80. The molecule has 0 fully saturated rings. The molecule has 14 heavy (non-hydrogen) atoms. The predicted octanol–water partition coefficient (Wildman–Crippen LogP) is 1.96. The molecule has 0 radical (unpaired) electrons. The second-order valence-corrected chi connectivity index (χ2v) is 4.53. The Morgan fingerprint density at radius 2 is 2.43 bits per heavy atom. The molecule has 2 aromatic rings. The first kappa shape index (κ1) is 9.54. The fourth-order valence-corrected chi connectivity index (χ4v) is 2.28. The third-order valence-corrected chi connectivity index (χ3v) is 3.29. The van der Waals surface area contributed by atoms with Gasteiger partial charge in [-0.2, -0.15) is 4.37 Å². The van der Waals surface area contributed by atoms with Crippen molar-refractivity contribution in [3.8, 4) is 0 Å². The molecule has 0 aliphatic carbocycles. The summed E-state index contributed by atoms with van der Waals surface area (Å²) in [6.07, 6.45) is 2.50. The maximum absolute atomic E-state index is 4.38. The molecular weight excluding hydrogens is 216 g/mol. The maximum Gasteiger partial charge on any atom is 0.202 e. The Morgan fingerprint density at radius 1 is 1.50 bits per heavy atom. The van der Waals surface area contributed by atoms with Gasteiger partial charge < -0.3 is 5.32 Å². The van der Waals surface area contributed by atoms with Crippen LogP contribution in [0.25, 0.3) is 0 Å². The van der Waals surface area contributed by atoms with Crippen LogP contribution in [0.15, 0.2) is 11.7 Å². The van der Waals surface area contributed by atoms with Gasteiger partial charge in [0.05, 0.1) is 5.01 Å². The lowest BCUT2D eigenvalue weighted by atomic mass is 10.4. The van der Waals surface area contributed by atoms with Crippen LogP contribution in [0.4, 0.5) is 5.13 Å². The molecule has 6 heteroatoms. The van der Waals surface area contributed by atoms with Crippen molar-refractivity contribution >= 4 is 28.0 Å². The van der Waals surface area contributed by atoms with E-state index in [1.165, 1.54) is 16.5 Å². The average Bonchev–Trinajstić information content (AvgIpc) is 2.77. The van der Waals surface area contributed by atoms with E-state index in [9.17, 15) is 0 Å². The first-order valence-corrected chi connectivity index (χ1v) is 5.91. The Balaban J connectivity index is 1.78. The van der Waals surface area contributed by atoms with E-state index in [2.05, 4.69) is 25.0 Å². The van der Waals surface area contributed by atoms with E-state index in [1.807, 2.05) is 6.92 Å². The van der Waals surface area contributed by atoms with Crippen LogP contribution in [-0.2, 0) is 6.42 Å². The summed E-state index contributed by atoms with van der Waals surface area (Å²) >= 11 is 3.08. The predicted molar refractivity (Wildman–Crippen MR) is 59.0 cm³/mol. The second-order valence-electron chi connectivity index (χ2n) is 2.81. The smallest absolute Gasteiger partial charge is 0.202 e. The first-order valence-electron chi connectivity index (χ1n) is 4.26. The number of aromatic nitrogens is 3. The summed E-state index contributed by atoms with van der Waals surface area (Å²) in [5.74, 6) is 0. The molecular formula is C8H10N4S2. The van der Waals surface area contributed by atoms with E-state index in [4.69, 9.17) is 0 Å². The van der Waals surface area contributed by atoms with E-state index in [0.717, 1.165) is 23.8 Å². The van der Waals surface area contributed by atoms with Crippen molar-refractivity contribution in [3.05, 3.63) is 22.4 Å². The molecule has 0 atom stereocenters. The van der Waals surface area contributed by atoms with Gasteiger partial charge in [-0.15, -0.1) is 11.3 Å². The molecule has 0 amide bonds. The van der Waals surface area contributed by atoms with Gasteiger partial charge in [0.1, 0.15) is 6.33 Å². The fraction of sp³-hybridized carbons (Fsp3) is 0.375. The molecule has 0 aliphatic rings. The van der Waals surface area contributed by atoms with Crippen molar-refractivity contribution < 1.29 is 0 Å². The van der Waals surface area contributed by atoms with Gasteiger partial charge in [-0.3, -0.25) is 0 Å². The molecule has 0 spiro atoms. The summed E-state index contributed by atoms with van der Waals surface area (Å²) in [6.45, 7) is 2.88. The number of thiazole rings is 1. The summed E-state index contributed by atoms with van der Waals surface area (Å²) in [4.78, 5) is 8.41. The van der Waals surface area contributed by atoms with Crippen LogP contribution in [0.5, 0.6) is 0 Å². The summed E-state index contributed by atoms with van der Waals surface area (Å²) in [5.41, 5.74) is 1.10. The Bertz CT molecular complexity index is 382. The molecule has 74 valence electrons.